The van der Waals surface area contributed by atoms with Crippen molar-refractivity contribution in [1.82, 2.24) is 4.98 Å². The summed E-state index contributed by atoms with van der Waals surface area (Å²) in [5.74, 6) is 0. The van der Waals surface area contributed by atoms with Crippen molar-refractivity contribution in [3.63, 3.8) is 0 Å². The molecule has 0 aliphatic rings. The zero-order chi connectivity index (χ0) is 12.3. The first-order valence-electron chi connectivity index (χ1n) is 5.25. The number of pyridine rings is 1. The van der Waals surface area contributed by atoms with Crippen LogP contribution in [0.15, 0.2) is 41.1 Å². The molecule has 17 heavy (non-hydrogen) atoms. The molecule has 0 aliphatic heterocycles. The van der Waals surface area contributed by atoms with Gasteiger partial charge in [-0.05, 0) is 36.2 Å². The number of nitrogens with one attached hydrogen (secondary N) is 1. The zero-order valence-electron chi connectivity index (χ0n) is 9.37. The number of anilines is 1. The van der Waals surface area contributed by atoms with Crippen molar-refractivity contribution in [3.8, 4) is 0 Å². The Balaban J connectivity index is 2.10. The van der Waals surface area contributed by atoms with Gasteiger partial charge in [-0.25, -0.2) is 0 Å². The van der Waals surface area contributed by atoms with E-state index in [0.29, 0.717) is 0 Å². The van der Waals surface area contributed by atoms with Gasteiger partial charge in [0.1, 0.15) is 0 Å². The minimum absolute atomic E-state index is 0.734. The minimum atomic E-state index is 0.734. The third-order valence-corrected chi connectivity index (χ3v) is 3.50. The molecule has 0 unspecified atom stereocenters. The Morgan fingerprint density at radius 1 is 1.35 bits per heavy atom. The number of aromatic nitrogens is 1. The van der Waals surface area contributed by atoms with Crippen molar-refractivity contribution in [2.24, 2.45) is 0 Å². The van der Waals surface area contributed by atoms with Gasteiger partial charge >= 0.3 is 0 Å². The van der Waals surface area contributed by atoms with Crippen LogP contribution < -0.4 is 5.32 Å². The molecule has 0 bridgehead atoms. The average Bonchev–Trinajstić information content (AvgIpc) is 2.30. The molecule has 0 saturated heterocycles. The van der Waals surface area contributed by atoms with Gasteiger partial charge in [0.15, 0.2) is 0 Å². The van der Waals surface area contributed by atoms with Gasteiger partial charge in [-0.1, -0.05) is 33.6 Å². The molecule has 0 amide bonds. The molecule has 1 N–H and O–H groups in total. The first kappa shape index (κ1) is 12.4. The van der Waals surface area contributed by atoms with E-state index in [2.05, 4.69) is 33.2 Å². The van der Waals surface area contributed by atoms with Crippen LogP contribution in [-0.4, -0.2) is 4.98 Å². The fraction of sp³-hybridized carbons (Fsp3) is 0.154. The predicted octanol–water partition coefficient (Wildman–Crippen LogP) is 4.42. The van der Waals surface area contributed by atoms with Crippen LogP contribution in [0.3, 0.4) is 0 Å². The topological polar surface area (TPSA) is 24.9 Å². The summed E-state index contributed by atoms with van der Waals surface area (Å²) in [6, 6.07) is 7.78. The second-order valence-electron chi connectivity index (χ2n) is 3.78. The first-order chi connectivity index (χ1) is 8.16. The Bertz CT molecular complexity index is 529. The van der Waals surface area contributed by atoms with Crippen LogP contribution in [0.25, 0.3) is 0 Å². The van der Waals surface area contributed by atoms with Gasteiger partial charge in [-0.15, -0.1) is 0 Å². The number of hydrogen-bond donors (Lipinski definition) is 1. The Hall–Kier alpha value is -1.06. The molecular formula is C13H12BrClN2. The van der Waals surface area contributed by atoms with Crippen LogP contribution in [0, 0.1) is 6.92 Å². The molecule has 1 aromatic heterocycles. The lowest BCUT2D eigenvalue weighted by Gasteiger charge is -2.10. The largest absolute Gasteiger partial charge is 0.379 e. The lowest BCUT2D eigenvalue weighted by atomic mass is 10.2. The molecule has 1 aromatic carbocycles. The number of halogens is 2. The smallest absolute Gasteiger partial charge is 0.0559 e. The molecule has 0 aliphatic carbocycles. The van der Waals surface area contributed by atoms with Crippen molar-refractivity contribution in [2.45, 2.75) is 13.5 Å². The van der Waals surface area contributed by atoms with Crippen LogP contribution >= 0.6 is 27.5 Å². The molecule has 0 spiro atoms. The Morgan fingerprint density at radius 2 is 2.18 bits per heavy atom. The normalized spacial score (nSPS) is 10.3. The molecule has 2 nitrogen and oxygen atoms in total. The van der Waals surface area contributed by atoms with Crippen LogP contribution in [-0.2, 0) is 6.54 Å². The summed E-state index contributed by atoms with van der Waals surface area (Å²) in [7, 11) is 0. The molecule has 4 heteroatoms. The van der Waals surface area contributed by atoms with Crippen LogP contribution in [0.4, 0.5) is 5.69 Å². The van der Waals surface area contributed by atoms with Crippen molar-refractivity contribution in [1.29, 1.82) is 0 Å². The van der Waals surface area contributed by atoms with Crippen molar-refractivity contribution >= 4 is 33.2 Å². The molecule has 0 radical (unpaired) electrons. The van der Waals surface area contributed by atoms with Gasteiger partial charge in [0.25, 0.3) is 0 Å². The lowest BCUT2D eigenvalue weighted by Crippen LogP contribution is -2.02. The van der Waals surface area contributed by atoms with Crippen LogP contribution in [0.5, 0.6) is 0 Å². The van der Waals surface area contributed by atoms with Gasteiger partial charge in [0.05, 0.1) is 11.9 Å². The van der Waals surface area contributed by atoms with E-state index >= 15 is 0 Å². The number of rotatable bonds is 3. The summed E-state index contributed by atoms with van der Waals surface area (Å²) in [5.41, 5.74) is 3.40. The third kappa shape index (κ3) is 3.20. The summed E-state index contributed by atoms with van der Waals surface area (Å²) >= 11 is 9.40. The number of hydrogen-bond acceptors (Lipinski definition) is 2. The summed E-state index contributed by atoms with van der Waals surface area (Å²) in [5, 5.41) is 4.09. The van der Waals surface area contributed by atoms with E-state index in [4.69, 9.17) is 11.6 Å². The standard InChI is InChI=1S/C13H12BrClN2/c1-9-4-5-16-8-13(9)17-7-10-2-3-11(15)6-12(10)14/h2-6,8,17H,7H2,1H3. The number of nitrogens with zero attached hydrogens (tertiary/aromatic N) is 1. The van der Waals surface area contributed by atoms with Gasteiger partial charge in [0.2, 0.25) is 0 Å². The second-order valence-corrected chi connectivity index (χ2v) is 5.07. The summed E-state index contributed by atoms with van der Waals surface area (Å²) in [6.45, 7) is 2.80. The fourth-order valence-corrected chi connectivity index (χ4v) is 2.33. The third-order valence-electron chi connectivity index (χ3n) is 2.52. The predicted molar refractivity (Wildman–Crippen MR) is 75.5 cm³/mol. The summed E-state index contributed by atoms with van der Waals surface area (Å²) in [4.78, 5) is 4.10. The van der Waals surface area contributed by atoms with Crippen LogP contribution in [0.1, 0.15) is 11.1 Å². The number of aryl methyl sites for hydroxylation is 1. The molecule has 88 valence electrons. The van der Waals surface area contributed by atoms with E-state index in [9.17, 15) is 0 Å². The van der Waals surface area contributed by atoms with E-state index in [-0.39, 0.29) is 0 Å². The van der Waals surface area contributed by atoms with Gasteiger partial charge < -0.3 is 5.32 Å². The second kappa shape index (κ2) is 5.52. The van der Waals surface area contributed by atoms with Gasteiger partial charge in [-0.2, -0.15) is 0 Å². The maximum Gasteiger partial charge on any atom is 0.0559 e. The lowest BCUT2D eigenvalue weighted by molar-refractivity contribution is 1.11. The minimum Gasteiger partial charge on any atom is -0.379 e. The van der Waals surface area contributed by atoms with E-state index in [1.807, 2.05) is 30.5 Å². The monoisotopic (exact) mass is 310 g/mol. The highest BCUT2D eigenvalue weighted by Gasteiger charge is 2.02. The van der Waals surface area contributed by atoms with Gasteiger partial charge in [-0.3, -0.25) is 4.98 Å². The molecular weight excluding hydrogens is 300 g/mol. The van der Waals surface area contributed by atoms with E-state index in [0.717, 1.165) is 27.3 Å². The Kier molecular flexibility index (Phi) is 4.02. The average molecular weight is 312 g/mol. The Labute approximate surface area is 114 Å². The molecule has 1 heterocycles. The SMILES string of the molecule is Cc1ccncc1NCc1ccc(Cl)cc1Br. The quantitative estimate of drug-likeness (QED) is 0.907. The van der Waals surface area contributed by atoms with E-state index < -0.39 is 0 Å². The summed E-state index contributed by atoms with van der Waals surface area (Å²) in [6.07, 6.45) is 3.62. The highest BCUT2D eigenvalue weighted by Crippen LogP contribution is 2.22. The number of benzene rings is 1. The van der Waals surface area contributed by atoms with Crippen LogP contribution in [0.2, 0.25) is 5.02 Å². The fourth-order valence-electron chi connectivity index (χ4n) is 1.50. The molecule has 0 atom stereocenters. The molecule has 2 rings (SSSR count). The molecule has 2 aromatic rings. The maximum absolute atomic E-state index is 5.90. The highest BCUT2D eigenvalue weighted by atomic mass is 79.9. The first-order valence-corrected chi connectivity index (χ1v) is 6.42. The maximum atomic E-state index is 5.90. The van der Waals surface area contributed by atoms with Crippen molar-refractivity contribution < 1.29 is 0 Å². The van der Waals surface area contributed by atoms with Gasteiger partial charge in [0, 0.05) is 22.2 Å². The molecule has 0 fully saturated rings. The zero-order valence-corrected chi connectivity index (χ0v) is 11.7. The highest BCUT2D eigenvalue weighted by molar-refractivity contribution is 9.10. The van der Waals surface area contributed by atoms with Crippen molar-refractivity contribution in [2.75, 3.05) is 5.32 Å². The Morgan fingerprint density at radius 3 is 2.88 bits per heavy atom. The van der Waals surface area contributed by atoms with E-state index in [1.165, 1.54) is 5.56 Å². The van der Waals surface area contributed by atoms with E-state index in [1.54, 1.807) is 6.20 Å². The molecule has 0 saturated carbocycles. The summed E-state index contributed by atoms with van der Waals surface area (Å²) < 4.78 is 1.01. The van der Waals surface area contributed by atoms with Crippen molar-refractivity contribution in [3.05, 3.63) is 57.3 Å².